The number of nitrogens with one attached hydrogen (secondary N) is 1. The monoisotopic (exact) mass is 433 g/mol. The van der Waals surface area contributed by atoms with Gasteiger partial charge in [-0.3, -0.25) is 0 Å². The average molecular weight is 434 g/mol. The highest BCUT2D eigenvalue weighted by molar-refractivity contribution is 6.30. The van der Waals surface area contributed by atoms with Gasteiger partial charge < -0.3 is 10.4 Å². The van der Waals surface area contributed by atoms with E-state index in [0.717, 1.165) is 22.9 Å². The molecule has 158 valence electrons. The van der Waals surface area contributed by atoms with Crippen LogP contribution in [0.1, 0.15) is 76.1 Å². The van der Waals surface area contributed by atoms with Crippen LogP contribution in [0.2, 0.25) is 10.0 Å². The van der Waals surface area contributed by atoms with E-state index in [1.54, 1.807) is 0 Å². The summed E-state index contributed by atoms with van der Waals surface area (Å²) < 4.78 is 0. The Balaban J connectivity index is 1.94. The Kier molecular flexibility index (Phi) is 7.67. The van der Waals surface area contributed by atoms with Crippen LogP contribution in [0.15, 0.2) is 48.5 Å². The van der Waals surface area contributed by atoms with Crippen molar-refractivity contribution < 1.29 is 5.11 Å². The van der Waals surface area contributed by atoms with Crippen LogP contribution in [0.5, 0.6) is 0 Å². The zero-order chi connectivity index (χ0) is 21.0. The van der Waals surface area contributed by atoms with Gasteiger partial charge in [0.15, 0.2) is 0 Å². The van der Waals surface area contributed by atoms with Crippen molar-refractivity contribution in [1.29, 1.82) is 0 Å². The minimum absolute atomic E-state index is 0.0559. The minimum Gasteiger partial charge on any atom is -0.389 e. The number of unbranched alkanes of at least 4 members (excludes halogenated alkanes) is 3. The van der Waals surface area contributed by atoms with Gasteiger partial charge in [0.2, 0.25) is 0 Å². The molecule has 2 aromatic rings. The summed E-state index contributed by atoms with van der Waals surface area (Å²) >= 11 is 12.2. The topological polar surface area (TPSA) is 32.3 Å². The summed E-state index contributed by atoms with van der Waals surface area (Å²) in [6, 6.07) is 16.1. The fourth-order valence-corrected chi connectivity index (χ4v) is 5.13. The number of aliphatic hydroxyl groups is 1. The molecule has 0 bridgehead atoms. The fraction of sp³-hybridized carbons (Fsp3) is 0.520. The second kappa shape index (κ2) is 9.83. The van der Waals surface area contributed by atoms with Gasteiger partial charge >= 0.3 is 0 Å². The lowest BCUT2D eigenvalue weighted by Crippen LogP contribution is -2.57. The van der Waals surface area contributed by atoms with E-state index in [4.69, 9.17) is 23.2 Å². The quantitative estimate of drug-likeness (QED) is 0.447. The average Bonchev–Trinajstić information content (AvgIpc) is 2.72. The summed E-state index contributed by atoms with van der Waals surface area (Å²) in [6.45, 7) is 6.58. The Morgan fingerprint density at radius 2 is 1.24 bits per heavy atom. The first kappa shape index (κ1) is 22.6. The molecule has 1 aliphatic rings. The standard InChI is InChI=1S/C25H33Cl2NO/c1-4-5-6-7-16-25(29)17(2)23(19-8-12-21(26)13-9-19)28-24(18(25)3)20-10-14-22(27)15-11-20/h8-15,17-18,23-24,28-29H,4-7,16H2,1-3H3/t17-,18-,23-,24-/m0/s1. The van der Waals surface area contributed by atoms with Crippen molar-refractivity contribution >= 4 is 23.2 Å². The summed E-state index contributed by atoms with van der Waals surface area (Å²) in [7, 11) is 0. The van der Waals surface area contributed by atoms with E-state index in [-0.39, 0.29) is 23.9 Å². The molecule has 4 heteroatoms. The maximum Gasteiger partial charge on any atom is 0.0734 e. The molecule has 2 N–H and O–H groups in total. The van der Waals surface area contributed by atoms with Gasteiger partial charge in [-0.25, -0.2) is 0 Å². The lowest BCUT2D eigenvalue weighted by Gasteiger charge is -2.52. The van der Waals surface area contributed by atoms with Crippen molar-refractivity contribution in [3.63, 3.8) is 0 Å². The predicted octanol–water partition coefficient (Wildman–Crippen LogP) is 7.35. The van der Waals surface area contributed by atoms with E-state index in [9.17, 15) is 5.11 Å². The van der Waals surface area contributed by atoms with Gasteiger partial charge in [-0.05, 0) is 41.8 Å². The van der Waals surface area contributed by atoms with Gasteiger partial charge in [0, 0.05) is 34.0 Å². The van der Waals surface area contributed by atoms with Crippen molar-refractivity contribution in [3.8, 4) is 0 Å². The van der Waals surface area contributed by atoms with Crippen LogP contribution in [0.25, 0.3) is 0 Å². The molecule has 0 spiro atoms. The largest absolute Gasteiger partial charge is 0.389 e. The van der Waals surface area contributed by atoms with Gasteiger partial charge in [0.1, 0.15) is 0 Å². The number of hydrogen-bond donors (Lipinski definition) is 2. The molecule has 0 saturated carbocycles. The molecule has 1 aliphatic heterocycles. The molecule has 2 aromatic carbocycles. The first-order chi connectivity index (χ1) is 13.9. The molecular weight excluding hydrogens is 401 g/mol. The van der Waals surface area contributed by atoms with Crippen LogP contribution in [0.3, 0.4) is 0 Å². The van der Waals surface area contributed by atoms with Crippen molar-refractivity contribution in [3.05, 3.63) is 69.7 Å². The van der Waals surface area contributed by atoms with E-state index in [1.165, 1.54) is 30.4 Å². The van der Waals surface area contributed by atoms with Gasteiger partial charge in [-0.2, -0.15) is 0 Å². The highest BCUT2D eigenvalue weighted by Gasteiger charge is 2.50. The third-order valence-electron chi connectivity index (χ3n) is 6.83. The number of benzene rings is 2. The van der Waals surface area contributed by atoms with Gasteiger partial charge in [-0.1, -0.05) is 93.9 Å². The molecule has 0 amide bonds. The summed E-state index contributed by atoms with van der Waals surface area (Å²) in [5, 5.41) is 17.3. The Hall–Kier alpha value is -1.06. The van der Waals surface area contributed by atoms with E-state index >= 15 is 0 Å². The zero-order valence-electron chi connectivity index (χ0n) is 17.7. The Morgan fingerprint density at radius 1 is 0.793 bits per heavy atom. The van der Waals surface area contributed by atoms with Crippen LogP contribution < -0.4 is 5.32 Å². The molecule has 1 heterocycles. The molecule has 4 atom stereocenters. The molecule has 1 saturated heterocycles. The molecule has 2 nitrogen and oxygen atoms in total. The van der Waals surface area contributed by atoms with Crippen LogP contribution in [-0.4, -0.2) is 10.7 Å². The first-order valence-electron chi connectivity index (χ1n) is 10.9. The Bertz CT molecular complexity index is 717. The summed E-state index contributed by atoms with van der Waals surface area (Å²) in [4.78, 5) is 0. The van der Waals surface area contributed by atoms with E-state index < -0.39 is 5.60 Å². The highest BCUT2D eigenvalue weighted by Crippen LogP contribution is 2.49. The maximum absolute atomic E-state index is 12.0. The molecule has 0 aromatic heterocycles. The fourth-order valence-electron chi connectivity index (χ4n) is 4.87. The summed E-state index contributed by atoms with van der Waals surface area (Å²) in [5.74, 6) is 0.174. The molecule has 0 radical (unpaired) electrons. The van der Waals surface area contributed by atoms with E-state index in [2.05, 4.69) is 50.4 Å². The smallest absolute Gasteiger partial charge is 0.0734 e. The summed E-state index contributed by atoms with van der Waals surface area (Å²) in [6.07, 6.45) is 5.47. The third kappa shape index (κ3) is 4.99. The SMILES string of the molecule is CCCCCCC1(O)[C@@H](C)[C@@H](c2ccc(Cl)cc2)N[C@H](c2ccc(Cl)cc2)[C@@H]1C. The van der Waals surface area contributed by atoms with E-state index in [0.29, 0.717) is 0 Å². The van der Waals surface area contributed by atoms with Crippen LogP contribution in [0, 0.1) is 11.8 Å². The molecule has 0 unspecified atom stereocenters. The lowest BCUT2D eigenvalue weighted by atomic mass is 9.64. The summed E-state index contributed by atoms with van der Waals surface area (Å²) in [5.41, 5.74) is 1.59. The molecular formula is C25H33Cl2NO. The normalized spacial score (nSPS) is 29.7. The van der Waals surface area contributed by atoms with Crippen LogP contribution in [-0.2, 0) is 0 Å². The second-order valence-corrected chi connectivity index (χ2v) is 9.48. The number of halogens is 2. The van der Waals surface area contributed by atoms with Gasteiger partial charge in [0.05, 0.1) is 5.60 Å². The zero-order valence-corrected chi connectivity index (χ0v) is 19.2. The maximum atomic E-state index is 12.0. The number of rotatable bonds is 7. The minimum atomic E-state index is -0.742. The Morgan fingerprint density at radius 3 is 1.66 bits per heavy atom. The highest BCUT2D eigenvalue weighted by atomic mass is 35.5. The Labute approximate surface area is 185 Å². The van der Waals surface area contributed by atoms with Gasteiger partial charge in [-0.15, -0.1) is 0 Å². The molecule has 0 aliphatic carbocycles. The van der Waals surface area contributed by atoms with E-state index in [1.807, 2.05) is 24.3 Å². The van der Waals surface area contributed by atoms with Crippen LogP contribution >= 0.6 is 23.2 Å². The third-order valence-corrected chi connectivity index (χ3v) is 7.33. The molecule has 29 heavy (non-hydrogen) atoms. The van der Waals surface area contributed by atoms with Gasteiger partial charge in [0.25, 0.3) is 0 Å². The van der Waals surface area contributed by atoms with Crippen molar-refractivity contribution in [2.75, 3.05) is 0 Å². The second-order valence-electron chi connectivity index (χ2n) is 8.60. The number of piperidine rings is 1. The van der Waals surface area contributed by atoms with Crippen molar-refractivity contribution in [2.24, 2.45) is 11.8 Å². The van der Waals surface area contributed by atoms with Crippen molar-refractivity contribution in [1.82, 2.24) is 5.32 Å². The first-order valence-corrected chi connectivity index (χ1v) is 11.6. The predicted molar refractivity (Wildman–Crippen MR) is 124 cm³/mol. The van der Waals surface area contributed by atoms with Crippen molar-refractivity contribution in [2.45, 2.75) is 70.6 Å². The number of hydrogen-bond acceptors (Lipinski definition) is 2. The molecule has 3 rings (SSSR count). The lowest BCUT2D eigenvalue weighted by molar-refractivity contribution is -0.117. The van der Waals surface area contributed by atoms with Crippen LogP contribution in [0.4, 0.5) is 0 Å². The molecule has 1 fully saturated rings.